The van der Waals surface area contributed by atoms with Crippen molar-refractivity contribution in [3.63, 3.8) is 0 Å². The summed E-state index contributed by atoms with van der Waals surface area (Å²) in [5, 5.41) is 6.67. The molecule has 39 heavy (non-hydrogen) atoms. The van der Waals surface area contributed by atoms with Crippen LogP contribution in [-0.2, 0) is 17.5 Å². The summed E-state index contributed by atoms with van der Waals surface area (Å²) in [4.78, 5) is 35.9. The maximum atomic E-state index is 13.7. The number of hydrogen-bond donors (Lipinski definition) is 1. The Morgan fingerprint density at radius 2 is 1.79 bits per heavy atom. The van der Waals surface area contributed by atoms with Crippen molar-refractivity contribution in [1.29, 1.82) is 0 Å². The van der Waals surface area contributed by atoms with Crippen LogP contribution in [0.2, 0.25) is 0 Å². The van der Waals surface area contributed by atoms with Crippen molar-refractivity contribution >= 4 is 17.8 Å². The van der Waals surface area contributed by atoms with Crippen molar-refractivity contribution in [1.82, 2.24) is 29.5 Å². The van der Waals surface area contributed by atoms with Gasteiger partial charge in [-0.15, -0.1) is 5.10 Å². The van der Waals surface area contributed by atoms with Crippen molar-refractivity contribution in [2.45, 2.75) is 50.9 Å². The molecule has 2 aromatic heterocycles. The van der Waals surface area contributed by atoms with Gasteiger partial charge in [-0.2, -0.15) is 17.9 Å². The predicted octanol–water partition coefficient (Wildman–Crippen LogP) is 4.54. The summed E-state index contributed by atoms with van der Waals surface area (Å²) in [6, 6.07) is 5.05. The second-order valence-corrected chi connectivity index (χ2v) is 9.89. The Labute approximate surface area is 222 Å². The van der Waals surface area contributed by atoms with Crippen LogP contribution >= 0.6 is 0 Å². The Balaban J connectivity index is 1.29. The minimum absolute atomic E-state index is 0.0705. The summed E-state index contributed by atoms with van der Waals surface area (Å²) in [6.45, 7) is 3.44. The summed E-state index contributed by atoms with van der Waals surface area (Å²) in [5.74, 6) is 0.345. The normalized spacial score (nSPS) is 17.4. The molecule has 2 aliphatic rings. The van der Waals surface area contributed by atoms with E-state index in [4.69, 9.17) is 4.74 Å². The summed E-state index contributed by atoms with van der Waals surface area (Å²) >= 11 is 0. The summed E-state index contributed by atoms with van der Waals surface area (Å²) in [6.07, 6.45) is 4.31. The Morgan fingerprint density at radius 1 is 1.05 bits per heavy atom. The lowest BCUT2D eigenvalue weighted by Crippen LogP contribution is -2.53. The quantitative estimate of drug-likeness (QED) is 0.504. The van der Waals surface area contributed by atoms with Gasteiger partial charge in [0.15, 0.2) is 11.6 Å². The van der Waals surface area contributed by atoms with E-state index >= 15 is 0 Å². The number of rotatable bonds is 5. The van der Waals surface area contributed by atoms with E-state index in [1.54, 1.807) is 17.0 Å². The van der Waals surface area contributed by atoms with Gasteiger partial charge < -0.3 is 15.0 Å². The molecule has 13 heteroatoms. The average Bonchev–Trinajstić information content (AvgIpc) is 3.51. The largest absolute Gasteiger partial charge is 0.454 e. The third-order valence-electron chi connectivity index (χ3n) is 7.23. The standard InChI is InChI=1S/C26H28F3N7O3/c1-18(37)32-23-3-8-36(33-23)24(38)34-9-5-25(6-10-34)4-2-7-35(25)16-19-11-20(26(27,28)29)13-21(12-19)39-22-14-30-17-31-15-22/h3,8,11-15,17H,2,4-7,9-10,16H2,1H3,(H,32,33,37). The molecule has 206 valence electrons. The van der Waals surface area contributed by atoms with E-state index in [1.807, 2.05) is 0 Å². The molecule has 0 bridgehead atoms. The first-order chi connectivity index (χ1) is 18.6. The molecular weight excluding hydrogens is 515 g/mol. The number of likely N-dealkylation sites (tertiary alicyclic amines) is 2. The topological polar surface area (TPSA) is 105 Å². The summed E-state index contributed by atoms with van der Waals surface area (Å²) in [5.41, 5.74) is -0.484. The van der Waals surface area contributed by atoms with Crippen LogP contribution in [0.4, 0.5) is 23.8 Å². The first kappa shape index (κ1) is 26.6. The van der Waals surface area contributed by atoms with Gasteiger partial charge in [0.25, 0.3) is 0 Å². The van der Waals surface area contributed by atoms with Gasteiger partial charge in [0, 0.05) is 44.4 Å². The smallest absolute Gasteiger partial charge is 0.416 e. The molecule has 2 fully saturated rings. The number of nitrogens with one attached hydrogen (secondary N) is 1. The molecular formula is C26H28F3N7O3. The van der Waals surface area contributed by atoms with Crippen LogP contribution in [0.1, 0.15) is 43.7 Å². The monoisotopic (exact) mass is 543 g/mol. The van der Waals surface area contributed by atoms with Crippen molar-refractivity contribution in [3.05, 3.63) is 60.3 Å². The fourth-order valence-corrected chi connectivity index (χ4v) is 5.41. The maximum absolute atomic E-state index is 13.7. The van der Waals surface area contributed by atoms with E-state index in [0.717, 1.165) is 25.5 Å². The number of alkyl halides is 3. The molecule has 2 saturated heterocycles. The van der Waals surface area contributed by atoms with E-state index in [-0.39, 0.29) is 29.0 Å². The van der Waals surface area contributed by atoms with Gasteiger partial charge in [-0.05, 0) is 56.0 Å². The SMILES string of the molecule is CC(=O)Nc1ccn(C(=O)N2CCC3(CCCN3Cc3cc(Oc4cncnc4)cc(C(F)(F)F)c3)CC2)n1. The Morgan fingerprint density at radius 3 is 2.49 bits per heavy atom. The summed E-state index contributed by atoms with van der Waals surface area (Å²) < 4.78 is 48.0. The number of halogens is 3. The highest BCUT2D eigenvalue weighted by Crippen LogP contribution is 2.41. The molecule has 1 spiro atoms. The second-order valence-electron chi connectivity index (χ2n) is 9.89. The molecule has 0 radical (unpaired) electrons. The van der Waals surface area contributed by atoms with Gasteiger partial charge in [-0.3, -0.25) is 9.69 Å². The number of aromatic nitrogens is 4. The third kappa shape index (κ3) is 6.03. The van der Waals surface area contributed by atoms with E-state index in [2.05, 4.69) is 25.3 Å². The minimum atomic E-state index is -4.53. The molecule has 2 amide bonds. The first-order valence-corrected chi connectivity index (χ1v) is 12.6. The van der Waals surface area contributed by atoms with Crippen molar-refractivity contribution in [2.75, 3.05) is 25.0 Å². The lowest BCUT2D eigenvalue weighted by molar-refractivity contribution is -0.137. The van der Waals surface area contributed by atoms with Crippen molar-refractivity contribution < 1.29 is 27.5 Å². The molecule has 5 rings (SSSR count). The molecule has 1 N–H and O–H groups in total. The molecule has 0 atom stereocenters. The Bertz CT molecular complexity index is 1340. The van der Waals surface area contributed by atoms with E-state index < -0.39 is 11.7 Å². The number of carbonyl (C=O) groups excluding carboxylic acids is 2. The highest BCUT2D eigenvalue weighted by molar-refractivity contribution is 5.88. The van der Waals surface area contributed by atoms with Gasteiger partial charge in [0.2, 0.25) is 5.91 Å². The van der Waals surface area contributed by atoms with Crippen LogP contribution < -0.4 is 10.1 Å². The fourth-order valence-electron chi connectivity index (χ4n) is 5.41. The van der Waals surface area contributed by atoms with Gasteiger partial charge in [-0.1, -0.05) is 0 Å². The molecule has 0 aliphatic carbocycles. The highest BCUT2D eigenvalue weighted by atomic mass is 19.4. The van der Waals surface area contributed by atoms with E-state index in [9.17, 15) is 22.8 Å². The van der Waals surface area contributed by atoms with Gasteiger partial charge in [-0.25, -0.2) is 14.8 Å². The number of ether oxygens (including phenoxy) is 1. The van der Waals surface area contributed by atoms with E-state index in [0.29, 0.717) is 43.9 Å². The number of benzene rings is 1. The average molecular weight is 544 g/mol. The van der Waals surface area contributed by atoms with E-state index in [1.165, 1.54) is 42.6 Å². The van der Waals surface area contributed by atoms with Crippen LogP contribution in [0.3, 0.4) is 0 Å². The predicted molar refractivity (Wildman–Crippen MR) is 134 cm³/mol. The zero-order chi connectivity index (χ0) is 27.6. The zero-order valence-electron chi connectivity index (χ0n) is 21.3. The van der Waals surface area contributed by atoms with Crippen LogP contribution in [0.15, 0.2) is 49.2 Å². The van der Waals surface area contributed by atoms with Gasteiger partial charge >= 0.3 is 12.2 Å². The van der Waals surface area contributed by atoms with Crippen LogP contribution in [0, 0.1) is 0 Å². The van der Waals surface area contributed by atoms with Gasteiger partial charge in [0.05, 0.1) is 18.0 Å². The number of anilines is 1. The third-order valence-corrected chi connectivity index (χ3v) is 7.23. The number of carbonyl (C=O) groups is 2. The molecule has 2 aliphatic heterocycles. The van der Waals surface area contributed by atoms with Crippen molar-refractivity contribution in [2.24, 2.45) is 0 Å². The lowest BCUT2D eigenvalue weighted by Gasteiger charge is -2.45. The lowest BCUT2D eigenvalue weighted by atomic mass is 9.84. The molecule has 1 aromatic carbocycles. The molecule has 4 heterocycles. The van der Waals surface area contributed by atoms with Crippen LogP contribution in [-0.4, -0.2) is 66.7 Å². The molecule has 0 unspecified atom stereocenters. The zero-order valence-corrected chi connectivity index (χ0v) is 21.3. The molecule has 3 aromatic rings. The number of nitrogens with zero attached hydrogens (tertiary/aromatic N) is 6. The molecule has 0 saturated carbocycles. The van der Waals surface area contributed by atoms with Crippen LogP contribution in [0.5, 0.6) is 11.5 Å². The summed E-state index contributed by atoms with van der Waals surface area (Å²) in [7, 11) is 0. The molecule has 10 nitrogen and oxygen atoms in total. The van der Waals surface area contributed by atoms with Crippen molar-refractivity contribution in [3.8, 4) is 11.5 Å². The highest BCUT2D eigenvalue weighted by Gasteiger charge is 2.44. The number of amides is 2. The maximum Gasteiger partial charge on any atom is 0.416 e. The first-order valence-electron chi connectivity index (χ1n) is 12.6. The second kappa shape index (κ2) is 10.6. The minimum Gasteiger partial charge on any atom is -0.454 e. The fraction of sp³-hybridized carbons (Fsp3) is 0.423. The Kier molecular flexibility index (Phi) is 7.25. The Hall–Kier alpha value is -4.00. The number of piperidine rings is 1. The number of hydrogen-bond acceptors (Lipinski definition) is 7. The van der Waals surface area contributed by atoms with Crippen LogP contribution in [0.25, 0.3) is 0 Å². The van der Waals surface area contributed by atoms with Gasteiger partial charge in [0.1, 0.15) is 12.1 Å².